The number of piperazine rings is 1. The molecule has 0 atom stereocenters. The van der Waals surface area contributed by atoms with E-state index in [0.717, 1.165) is 39.0 Å². The van der Waals surface area contributed by atoms with E-state index in [1.54, 1.807) is 0 Å². The van der Waals surface area contributed by atoms with E-state index in [1.165, 1.54) is 18.5 Å². The van der Waals surface area contributed by atoms with Crippen molar-refractivity contribution in [2.45, 2.75) is 25.7 Å². The first kappa shape index (κ1) is 13.6. The number of benzene rings is 1. The maximum absolute atomic E-state index is 12.2. The van der Waals surface area contributed by atoms with Crippen LogP contribution in [0.3, 0.4) is 0 Å². The van der Waals surface area contributed by atoms with Gasteiger partial charge in [0, 0.05) is 37.8 Å². The highest BCUT2D eigenvalue weighted by Crippen LogP contribution is 2.26. The molecule has 0 spiro atoms. The molecular formula is C17H24N2O. The van der Waals surface area contributed by atoms with Crippen molar-refractivity contribution in [3.8, 4) is 0 Å². The van der Waals surface area contributed by atoms with E-state index in [-0.39, 0.29) is 0 Å². The molecule has 1 aromatic carbocycles. The number of anilines is 1. The largest absolute Gasteiger partial charge is 0.369 e. The normalized spacial score (nSPS) is 21.3. The number of rotatable bonds is 4. The molecule has 0 radical (unpaired) electrons. The van der Waals surface area contributed by atoms with Crippen molar-refractivity contribution >= 4 is 11.5 Å². The van der Waals surface area contributed by atoms with Gasteiger partial charge in [-0.25, -0.2) is 0 Å². The van der Waals surface area contributed by atoms with Gasteiger partial charge >= 0.3 is 0 Å². The van der Waals surface area contributed by atoms with E-state index >= 15 is 0 Å². The van der Waals surface area contributed by atoms with Crippen LogP contribution in [0.5, 0.6) is 0 Å². The maximum atomic E-state index is 12.2. The quantitative estimate of drug-likeness (QED) is 0.841. The molecule has 0 aromatic heterocycles. The van der Waals surface area contributed by atoms with Crippen LogP contribution >= 0.6 is 0 Å². The first-order valence-corrected chi connectivity index (χ1v) is 7.88. The van der Waals surface area contributed by atoms with Gasteiger partial charge in [-0.05, 0) is 25.0 Å². The van der Waals surface area contributed by atoms with Crippen molar-refractivity contribution in [1.29, 1.82) is 0 Å². The molecule has 108 valence electrons. The minimum atomic E-state index is 0.363. The number of para-hydroxylation sites is 1. The van der Waals surface area contributed by atoms with E-state index in [1.807, 2.05) is 0 Å². The molecule has 0 N–H and O–H groups in total. The second-order valence-electron chi connectivity index (χ2n) is 6.05. The molecule has 3 nitrogen and oxygen atoms in total. The van der Waals surface area contributed by atoms with Gasteiger partial charge in [0.05, 0.1) is 6.54 Å². The van der Waals surface area contributed by atoms with Crippen molar-refractivity contribution in [1.82, 2.24) is 4.90 Å². The van der Waals surface area contributed by atoms with Gasteiger partial charge in [-0.2, -0.15) is 0 Å². The highest BCUT2D eigenvalue weighted by Gasteiger charge is 2.25. The molecular weight excluding hydrogens is 248 g/mol. The molecule has 1 heterocycles. The van der Waals surface area contributed by atoms with Crippen LogP contribution < -0.4 is 4.90 Å². The fraction of sp³-hybridized carbons (Fsp3) is 0.588. The van der Waals surface area contributed by atoms with Crippen LogP contribution in [0, 0.1) is 5.92 Å². The molecule has 0 bridgehead atoms. The fourth-order valence-corrected chi connectivity index (χ4v) is 3.40. The van der Waals surface area contributed by atoms with Crippen molar-refractivity contribution < 1.29 is 4.79 Å². The summed E-state index contributed by atoms with van der Waals surface area (Å²) in [6.45, 7) is 4.75. The fourth-order valence-electron chi connectivity index (χ4n) is 3.40. The van der Waals surface area contributed by atoms with Gasteiger partial charge in [0.25, 0.3) is 0 Å². The number of carbonyl (C=O) groups excluding carboxylic acids is 1. The molecule has 1 aromatic rings. The molecule has 3 heteroatoms. The van der Waals surface area contributed by atoms with Crippen LogP contribution in [0.1, 0.15) is 25.7 Å². The molecule has 2 aliphatic rings. The molecule has 3 rings (SSSR count). The lowest BCUT2D eigenvalue weighted by atomic mass is 10.0. The summed E-state index contributed by atoms with van der Waals surface area (Å²) in [6.07, 6.45) is 4.75. The highest BCUT2D eigenvalue weighted by atomic mass is 16.1. The molecule has 1 aliphatic carbocycles. The second-order valence-corrected chi connectivity index (χ2v) is 6.05. The number of ketones is 1. The Hall–Kier alpha value is -1.35. The maximum Gasteiger partial charge on any atom is 0.149 e. The molecule has 1 saturated carbocycles. The van der Waals surface area contributed by atoms with Crippen LogP contribution in [0.4, 0.5) is 5.69 Å². The molecule has 0 unspecified atom stereocenters. The first-order valence-electron chi connectivity index (χ1n) is 7.88. The predicted molar refractivity (Wildman–Crippen MR) is 82.1 cm³/mol. The molecule has 20 heavy (non-hydrogen) atoms. The van der Waals surface area contributed by atoms with E-state index < -0.39 is 0 Å². The lowest BCUT2D eigenvalue weighted by Gasteiger charge is -2.36. The molecule has 2 fully saturated rings. The van der Waals surface area contributed by atoms with E-state index in [9.17, 15) is 4.79 Å². The Balaban J connectivity index is 1.47. The number of carbonyl (C=O) groups is 1. The number of nitrogens with zero attached hydrogens (tertiary/aromatic N) is 2. The van der Waals surface area contributed by atoms with Gasteiger partial charge in [0.15, 0.2) is 0 Å². The van der Waals surface area contributed by atoms with E-state index in [4.69, 9.17) is 0 Å². The highest BCUT2D eigenvalue weighted by molar-refractivity contribution is 5.83. The Kier molecular flexibility index (Phi) is 4.36. The standard InChI is InChI=1S/C17H24N2O/c20-17(15-6-4-5-7-15)14-18-10-12-19(13-11-18)16-8-2-1-3-9-16/h1-3,8-9,15H,4-7,10-14H2. The minimum absolute atomic E-state index is 0.363. The van der Waals surface area contributed by atoms with Gasteiger partial charge in [-0.1, -0.05) is 31.0 Å². The topological polar surface area (TPSA) is 23.6 Å². The average Bonchev–Trinajstić information content (AvgIpc) is 3.03. The zero-order valence-electron chi connectivity index (χ0n) is 12.1. The molecule has 0 amide bonds. The number of hydrogen-bond acceptors (Lipinski definition) is 3. The lowest BCUT2D eigenvalue weighted by molar-refractivity contribution is -0.123. The van der Waals surface area contributed by atoms with Crippen molar-refractivity contribution in [2.24, 2.45) is 5.92 Å². The van der Waals surface area contributed by atoms with E-state index in [2.05, 4.69) is 40.1 Å². The summed E-state index contributed by atoms with van der Waals surface area (Å²) < 4.78 is 0. The van der Waals surface area contributed by atoms with Gasteiger partial charge in [-0.3, -0.25) is 9.69 Å². The molecule has 1 aliphatic heterocycles. The zero-order chi connectivity index (χ0) is 13.8. The SMILES string of the molecule is O=C(CN1CCN(c2ccccc2)CC1)C1CCCC1. The van der Waals surface area contributed by atoms with Crippen LogP contribution in [0.25, 0.3) is 0 Å². The third kappa shape index (κ3) is 3.21. The lowest BCUT2D eigenvalue weighted by Crippen LogP contribution is -2.48. The van der Waals surface area contributed by atoms with Crippen molar-refractivity contribution in [3.05, 3.63) is 30.3 Å². The van der Waals surface area contributed by atoms with Crippen LogP contribution in [0.2, 0.25) is 0 Å². The second kappa shape index (κ2) is 6.40. The van der Waals surface area contributed by atoms with Gasteiger partial charge in [0.2, 0.25) is 0 Å². The van der Waals surface area contributed by atoms with Crippen molar-refractivity contribution in [2.75, 3.05) is 37.6 Å². The Morgan fingerprint density at radius 1 is 1.00 bits per heavy atom. The summed E-state index contributed by atoms with van der Waals surface area (Å²) in [5, 5.41) is 0. The Morgan fingerprint density at radius 2 is 1.65 bits per heavy atom. The number of hydrogen-bond donors (Lipinski definition) is 0. The van der Waals surface area contributed by atoms with Crippen LogP contribution in [-0.4, -0.2) is 43.4 Å². The van der Waals surface area contributed by atoms with Crippen LogP contribution in [0.15, 0.2) is 30.3 Å². The van der Waals surface area contributed by atoms with Gasteiger partial charge < -0.3 is 4.90 Å². The zero-order valence-corrected chi connectivity index (χ0v) is 12.1. The average molecular weight is 272 g/mol. The summed E-state index contributed by atoms with van der Waals surface area (Å²) in [7, 11) is 0. The Morgan fingerprint density at radius 3 is 2.30 bits per heavy atom. The Bertz CT molecular complexity index is 432. The summed E-state index contributed by atoms with van der Waals surface area (Å²) >= 11 is 0. The monoisotopic (exact) mass is 272 g/mol. The third-order valence-electron chi connectivity index (χ3n) is 4.68. The Labute approximate surface area is 121 Å². The summed E-state index contributed by atoms with van der Waals surface area (Å²) in [4.78, 5) is 17.0. The first-order chi connectivity index (χ1) is 9.83. The van der Waals surface area contributed by atoms with E-state index in [0.29, 0.717) is 18.2 Å². The minimum Gasteiger partial charge on any atom is -0.369 e. The summed E-state index contributed by atoms with van der Waals surface area (Å²) in [5.41, 5.74) is 1.30. The van der Waals surface area contributed by atoms with Gasteiger partial charge in [0.1, 0.15) is 5.78 Å². The smallest absolute Gasteiger partial charge is 0.149 e. The van der Waals surface area contributed by atoms with Crippen LogP contribution in [-0.2, 0) is 4.79 Å². The van der Waals surface area contributed by atoms with Gasteiger partial charge in [-0.15, -0.1) is 0 Å². The predicted octanol–water partition coefficient (Wildman–Crippen LogP) is 2.57. The number of Topliss-reactive ketones (excluding diaryl/α,β-unsaturated/α-hetero) is 1. The third-order valence-corrected chi connectivity index (χ3v) is 4.68. The summed E-state index contributed by atoms with van der Waals surface area (Å²) in [6, 6.07) is 10.6. The summed E-state index contributed by atoms with van der Waals surface area (Å²) in [5.74, 6) is 0.845. The molecule has 1 saturated heterocycles. The van der Waals surface area contributed by atoms with Crippen molar-refractivity contribution in [3.63, 3.8) is 0 Å².